The molecule has 128 valence electrons. The highest BCUT2D eigenvalue weighted by Gasteiger charge is 2.79. The van der Waals surface area contributed by atoms with Gasteiger partial charge in [0.05, 0.1) is 26.1 Å². The number of hydrogen-bond donors (Lipinski definition) is 0. The Morgan fingerprint density at radius 2 is 0.958 bits per heavy atom. The third-order valence-electron chi connectivity index (χ3n) is 6.70. The summed E-state index contributed by atoms with van der Waals surface area (Å²) in [5, 5.41) is 0. The molecule has 24 heavy (non-hydrogen) atoms. The number of rotatable bonds is 2. The predicted molar refractivity (Wildman–Crippen MR) is 71.5 cm³/mol. The van der Waals surface area contributed by atoms with E-state index in [1.54, 1.807) is 0 Å². The first kappa shape index (κ1) is 13.8. The van der Waals surface area contributed by atoms with Crippen molar-refractivity contribution < 1.29 is 38.6 Å². The minimum atomic E-state index is -0.324. The highest BCUT2D eigenvalue weighted by molar-refractivity contribution is 5.79. The van der Waals surface area contributed by atoms with Gasteiger partial charge in [-0.2, -0.15) is 0 Å². The minimum Gasteiger partial charge on any atom is -0.469 e. The zero-order chi connectivity index (χ0) is 16.3. The van der Waals surface area contributed by atoms with Gasteiger partial charge in [0.2, 0.25) is 0 Å². The van der Waals surface area contributed by atoms with Crippen molar-refractivity contribution in [2.24, 2.45) is 35.5 Å². The molecular weight excluding hydrogens is 320 g/mol. The number of hydrogen-bond acceptors (Lipinski definition) is 8. The second-order valence-electron chi connectivity index (χ2n) is 7.39. The molecule has 0 spiro atoms. The van der Waals surface area contributed by atoms with Crippen LogP contribution >= 0.6 is 0 Å². The molecule has 0 aromatic carbocycles. The molecule has 8 nitrogen and oxygen atoms in total. The lowest BCUT2D eigenvalue weighted by Gasteiger charge is -2.48. The van der Waals surface area contributed by atoms with Crippen molar-refractivity contribution >= 4 is 11.9 Å². The zero-order valence-electron chi connectivity index (χ0n) is 13.0. The molecular formula is C16H16O8. The first-order chi connectivity index (χ1) is 11.7. The lowest BCUT2D eigenvalue weighted by atomic mass is 9.75. The molecule has 0 aromatic rings. The summed E-state index contributed by atoms with van der Waals surface area (Å²) in [5.74, 6) is -0.603. The molecule has 4 fully saturated rings. The summed E-state index contributed by atoms with van der Waals surface area (Å²) in [6.07, 6.45) is -1.30. The highest BCUT2D eigenvalue weighted by atomic mass is 17.2. The molecule has 2 unspecified atom stereocenters. The predicted octanol–water partition coefficient (Wildman–Crippen LogP) is -0.221. The molecule has 2 saturated heterocycles. The first-order valence-corrected chi connectivity index (χ1v) is 8.22. The summed E-state index contributed by atoms with van der Waals surface area (Å²) in [6, 6.07) is 0. The van der Waals surface area contributed by atoms with Crippen molar-refractivity contribution in [1.29, 1.82) is 0 Å². The average Bonchev–Trinajstić information content (AvgIpc) is 3.53. The van der Waals surface area contributed by atoms with Gasteiger partial charge in [0.25, 0.3) is 0 Å². The smallest absolute Gasteiger partial charge is 0.309 e. The molecule has 0 amide bonds. The standard InChI is InChI=1S/C16H16O8/c1-19-15(17)7-3-4(7)12-10-9(11(3)21-22-12)13-5-6(14(10)24-23-13)8(5)16(18)20-2/h3-8,11-14H,1-2H3/t3-,4-,5-,6-,7?,8?,11-,12+,13+,14-/m0/s1. The van der Waals surface area contributed by atoms with E-state index in [-0.39, 0.29) is 71.9 Å². The van der Waals surface area contributed by atoms with Gasteiger partial charge in [-0.05, 0) is 11.1 Å². The monoisotopic (exact) mass is 336 g/mol. The van der Waals surface area contributed by atoms with Gasteiger partial charge in [-0.25, -0.2) is 19.6 Å². The van der Waals surface area contributed by atoms with Gasteiger partial charge in [0.15, 0.2) is 0 Å². The Morgan fingerprint density at radius 3 is 1.21 bits per heavy atom. The van der Waals surface area contributed by atoms with E-state index in [1.165, 1.54) is 14.2 Å². The van der Waals surface area contributed by atoms with Crippen LogP contribution in [0.5, 0.6) is 0 Å². The maximum absolute atomic E-state index is 12.0. The number of carbonyl (C=O) groups excluding carboxylic acids is 2. The molecule has 4 aliphatic heterocycles. The van der Waals surface area contributed by atoms with E-state index < -0.39 is 0 Å². The Hall–Kier alpha value is -1.48. The van der Waals surface area contributed by atoms with Crippen LogP contribution < -0.4 is 0 Å². The van der Waals surface area contributed by atoms with Gasteiger partial charge in [-0.15, -0.1) is 0 Å². The summed E-state index contributed by atoms with van der Waals surface area (Å²) >= 11 is 0. The van der Waals surface area contributed by atoms with Crippen LogP contribution in [0.15, 0.2) is 11.1 Å². The minimum absolute atomic E-state index is 0.0617. The fourth-order valence-electron chi connectivity index (χ4n) is 5.69. The van der Waals surface area contributed by atoms with E-state index in [4.69, 9.17) is 29.0 Å². The lowest BCUT2D eigenvalue weighted by Crippen LogP contribution is -2.54. The van der Waals surface area contributed by atoms with Gasteiger partial charge in [0.1, 0.15) is 24.4 Å². The van der Waals surface area contributed by atoms with Gasteiger partial charge < -0.3 is 9.47 Å². The van der Waals surface area contributed by atoms with Crippen LogP contribution in [0.1, 0.15) is 0 Å². The molecule has 0 radical (unpaired) electrons. The molecule has 4 bridgehead atoms. The summed E-state index contributed by atoms with van der Waals surface area (Å²) in [6.45, 7) is 0. The van der Waals surface area contributed by atoms with E-state index >= 15 is 0 Å². The third-order valence-corrected chi connectivity index (χ3v) is 6.70. The molecule has 4 heterocycles. The molecule has 8 rings (SSSR count). The molecule has 10 atom stereocenters. The average molecular weight is 336 g/mol. The van der Waals surface area contributed by atoms with Crippen LogP contribution in [0.4, 0.5) is 0 Å². The van der Waals surface area contributed by atoms with Crippen molar-refractivity contribution in [3.63, 3.8) is 0 Å². The van der Waals surface area contributed by atoms with Gasteiger partial charge in [0, 0.05) is 23.7 Å². The van der Waals surface area contributed by atoms with Crippen LogP contribution in [0.2, 0.25) is 0 Å². The number of methoxy groups -OCH3 is 2. The van der Waals surface area contributed by atoms with E-state index in [9.17, 15) is 9.59 Å². The maximum Gasteiger partial charge on any atom is 0.309 e. The first-order valence-electron chi connectivity index (χ1n) is 8.22. The molecule has 8 aliphatic rings. The number of fused-ring (bicyclic) bond motifs is 2. The van der Waals surface area contributed by atoms with Crippen molar-refractivity contribution in [3.05, 3.63) is 11.1 Å². The van der Waals surface area contributed by atoms with Crippen molar-refractivity contribution in [2.45, 2.75) is 24.4 Å². The Morgan fingerprint density at radius 1 is 0.667 bits per heavy atom. The molecule has 8 heteroatoms. The van der Waals surface area contributed by atoms with Gasteiger partial charge >= 0.3 is 11.9 Å². The summed E-state index contributed by atoms with van der Waals surface area (Å²) in [5.41, 5.74) is 2.03. The fraction of sp³-hybridized carbons (Fsp3) is 0.750. The second kappa shape index (κ2) is 4.19. The van der Waals surface area contributed by atoms with Crippen LogP contribution in [0.3, 0.4) is 0 Å². The van der Waals surface area contributed by atoms with Gasteiger partial charge in [-0.3, -0.25) is 9.59 Å². The van der Waals surface area contributed by atoms with Crippen LogP contribution in [-0.2, 0) is 38.6 Å². The molecule has 0 N–H and O–H groups in total. The SMILES string of the molecule is COC(=O)C1[C@@H]2[C@@H]1[C@H]1OO[C@@H]2C2=C1[C@H]1OO[C@@H]2[C@@H]2C(C(=O)OC)[C@H]21. The normalized spacial score (nSPS) is 54.6. The number of carbonyl (C=O) groups is 2. The highest BCUT2D eigenvalue weighted by Crippen LogP contribution is 2.71. The second-order valence-corrected chi connectivity index (χ2v) is 7.39. The van der Waals surface area contributed by atoms with Crippen molar-refractivity contribution in [3.8, 4) is 0 Å². The van der Waals surface area contributed by atoms with E-state index in [0.29, 0.717) is 0 Å². The summed E-state index contributed by atoms with van der Waals surface area (Å²) in [7, 11) is 2.80. The summed E-state index contributed by atoms with van der Waals surface area (Å²) in [4.78, 5) is 46.2. The Kier molecular flexibility index (Phi) is 2.40. The van der Waals surface area contributed by atoms with Crippen LogP contribution in [-0.4, -0.2) is 50.6 Å². The Bertz CT molecular complexity index is 602. The van der Waals surface area contributed by atoms with Crippen LogP contribution in [0.25, 0.3) is 0 Å². The quantitative estimate of drug-likeness (QED) is 0.388. The van der Waals surface area contributed by atoms with E-state index in [2.05, 4.69) is 0 Å². The fourth-order valence-corrected chi connectivity index (χ4v) is 5.69. The van der Waals surface area contributed by atoms with E-state index in [1.807, 2.05) is 0 Å². The largest absolute Gasteiger partial charge is 0.469 e. The molecule has 0 aromatic heterocycles. The Labute approximate surface area is 136 Å². The molecule has 4 aliphatic carbocycles. The molecule has 2 saturated carbocycles. The maximum atomic E-state index is 12.0. The van der Waals surface area contributed by atoms with E-state index in [0.717, 1.165) is 11.1 Å². The summed E-state index contributed by atoms with van der Waals surface area (Å²) < 4.78 is 9.83. The van der Waals surface area contributed by atoms with Crippen molar-refractivity contribution in [2.75, 3.05) is 14.2 Å². The van der Waals surface area contributed by atoms with Crippen molar-refractivity contribution in [1.82, 2.24) is 0 Å². The number of esters is 2. The third kappa shape index (κ3) is 1.34. The van der Waals surface area contributed by atoms with Gasteiger partial charge in [-0.1, -0.05) is 0 Å². The lowest BCUT2D eigenvalue weighted by molar-refractivity contribution is -0.417. The number of ether oxygens (including phenoxy) is 2. The Balaban J connectivity index is 1.38. The topological polar surface area (TPSA) is 89.5 Å². The zero-order valence-corrected chi connectivity index (χ0v) is 13.0. The van der Waals surface area contributed by atoms with Crippen LogP contribution in [0, 0.1) is 35.5 Å².